The lowest BCUT2D eigenvalue weighted by Crippen LogP contribution is -2.46. The Bertz CT molecular complexity index is 1130. The molecule has 0 aliphatic carbocycles. The third-order valence-electron chi connectivity index (χ3n) is 5.71. The number of hydrogen-bond acceptors (Lipinski definition) is 5. The third-order valence-corrected chi connectivity index (χ3v) is 5.71. The first-order chi connectivity index (χ1) is 16.7. The summed E-state index contributed by atoms with van der Waals surface area (Å²) in [4.78, 5) is 32.7. The molecule has 1 aliphatic rings. The molecule has 1 saturated heterocycles. The lowest BCUT2D eigenvalue weighted by Gasteiger charge is -2.23. The molecule has 1 atom stereocenters. The smallest absolute Gasteiger partial charge is 0.254 e. The quantitative estimate of drug-likeness (QED) is 0.399. The van der Waals surface area contributed by atoms with E-state index in [1.165, 1.54) is 7.11 Å². The van der Waals surface area contributed by atoms with Gasteiger partial charge in [0.15, 0.2) is 0 Å². The van der Waals surface area contributed by atoms with E-state index in [1.54, 1.807) is 17.0 Å². The number of carbonyl (C=O) groups is 2. The highest BCUT2D eigenvalue weighted by molar-refractivity contribution is 6.05. The zero-order valence-corrected chi connectivity index (χ0v) is 19.1. The first-order valence-corrected chi connectivity index (χ1v) is 11.3. The topological polar surface area (TPSA) is 83.0 Å². The van der Waals surface area contributed by atoms with Crippen LogP contribution in [-0.2, 0) is 9.63 Å². The predicted octanol–water partition coefficient (Wildman–Crippen LogP) is 3.80. The summed E-state index contributed by atoms with van der Waals surface area (Å²) in [5.74, 6) is -0.408. The predicted molar refractivity (Wildman–Crippen MR) is 134 cm³/mol. The largest absolute Gasteiger partial charge is 0.399 e. The molecule has 7 heteroatoms. The number of nitrogens with one attached hydrogen (secondary N) is 2. The number of rotatable bonds is 8. The minimum atomic E-state index is -0.632. The molecular weight excluding hydrogens is 428 g/mol. The molecule has 1 heterocycles. The molecule has 0 spiro atoms. The van der Waals surface area contributed by atoms with Crippen LogP contribution in [0.1, 0.15) is 16.8 Å². The minimum absolute atomic E-state index is 0.203. The number of benzene rings is 3. The molecule has 0 unspecified atom stereocenters. The second-order valence-electron chi connectivity index (χ2n) is 8.02. The standard InChI is InChI=1S/C27H28N4O3/c1-34-30-24-18-25(26(32)29-17-16-28-23-10-6-3-7-11-23)31(19-24)27(33)22-14-12-21(13-15-22)20-8-4-2-5-9-20/h2-15,25,28H,16-19H2,1H3,(H,29,32)/t25-/m0/s1. The summed E-state index contributed by atoms with van der Waals surface area (Å²) < 4.78 is 0. The monoisotopic (exact) mass is 456 g/mol. The van der Waals surface area contributed by atoms with Crippen molar-refractivity contribution in [2.75, 3.05) is 32.1 Å². The van der Waals surface area contributed by atoms with Crippen LogP contribution in [0.3, 0.4) is 0 Å². The van der Waals surface area contributed by atoms with Crippen LogP contribution in [0.2, 0.25) is 0 Å². The average molecular weight is 457 g/mol. The van der Waals surface area contributed by atoms with Crippen molar-refractivity contribution < 1.29 is 14.4 Å². The fourth-order valence-electron chi connectivity index (χ4n) is 4.02. The van der Waals surface area contributed by atoms with Crippen molar-refractivity contribution in [1.82, 2.24) is 10.2 Å². The Labute approximate surface area is 199 Å². The Hall–Kier alpha value is -4.13. The van der Waals surface area contributed by atoms with E-state index in [-0.39, 0.29) is 18.4 Å². The Kier molecular flexibility index (Phi) is 7.55. The van der Waals surface area contributed by atoms with Gasteiger partial charge in [-0.1, -0.05) is 65.8 Å². The molecule has 174 valence electrons. The van der Waals surface area contributed by atoms with Crippen LogP contribution in [0.5, 0.6) is 0 Å². The van der Waals surface area contributed by atoms with Crippen LogP contribution < -0.4 is 10.6 Å². The highest BCUT2D eigenvalue weighted by Crippen LogP contribution is 2.23. The van der Waals surface area contributed by atoms with Crippen LogP contribution in [0.4, 0.5) is 5.69 Å². The van der Waals surface area contributed by atoms with Crippen molar-refractivity contribution in [2.45, 2.75) is 12.5 Å². The van der Waals surface area contributed by atoms with Gasteiger partial charge in [0.25, 0.3) is 5.91 Å². The van der Waals surface area contributed by atoms with Crippen LogP contribution in [0, 0.1) is 0 Å². The maximum absolute atomic E-state index is 13.3. The molecule has 0 radical (unpaired) electrons. The van der Waals surface area contributed by atoms with Crippen molar-refractivity contribution in [3.05, 3.63) is 90.5 Å². The van der Waals surface area contributed by atoms with E-state index in [0.29, 0.717) is 30.8 Å². The van der Waals surface area contributed by atoms with Gasteiger partial charge in [0, 0.05) is 30.8 Å². The summed E-state index contributed by atoms with van der Waals surface area (Å²) in [6.45, 7) is 1.28. The Morgan fingerprint density at radius 1 is 0.912 bits per heavy atom. The molecule has 0 saturated carbocycles. The van der Waals surface area contributed by atoms with Gasteiger partial charge in [-0.15, -0.1) is 0 Å². The summed E-state index contributed by atoms with van der Waals surface area (Å²) in [5.41, 5.74) is 4.29. The second-order valence-corrected chi connectivity index (χ2v) is 8.02. The number of oxime groups is 1. The Balaban J connectivity index is 1.41. The van der Waals surface area contributed by atoms with Gasteiger partial charge in [-0.2, -0.15) is 0 Å². The Morgan fingerprint density at radius 3 is 2.24 bits per heavy atom. The number of likely N-dealkylation sites (tertiary alicyclic amines) is 1. The minimum Gasteiger partial charge on any atom is -0.399 e. The molecule has 2 amide bonds. The maximum atomic E-state index is 13.3. The highest BCUT2D eigenvalue weighted by Gasteiger charge is 2.38. The zero-order valence-electron chi connectivity index (χ0n) is 19.1. The van der Waals surface area contributed by atoms with Crippen LogP contribution in [0.25, 0.3) is 11.1 Å². The summed E-state index contributed by atoms with van der Waals surface area (Å²) in [6.07, 6.45) is 0.347. The van der Waals surface area contributed by atoms with Crippen LogP contribution >= 0.6 is 0 Å². The van der Waals surface area contributed by atoms with Crippen LogP contribution in [-0.4, -0.2) is 55.2 Å². The van der Waals surface area contributed by atoms with E-state index in [4.69, 9.17) is 4.84 Å². The average Bonchev–Trinajstić information content (AvgIpc) is 3.31. The van der Waals surface area contributed by atoms with E-state index in [0.717, 1.165) is 16.8 Å². The fourth-order valence-corrected chi connectivity index (χ4v) is 4.02. The SMILES string of the molecule is CON=C1C[C@@H](C(=O)NCCNc2ccccc2)N(C(=O)c2ccc(-c3ccccc3)cc2)C1. The molecule has 1 aliphatic heterocycles. The summed E-state index contributed by atoms with van der Waals surface area (Å²) in [5, 5.41) is 10.2. The van der Waals surface area contributed by atoms with Gasteiger partial charge in [0.2, 0.25) is 5.91 Å². The number of para-hydroxylation sites is 1. The number of nitrogens with zero attached hydrogens (tertiary/aromatic N) is 2. The molecule has 3 aromatic carbocycles. The fraction of sp³-hybridized carbons (Fsp3) is 0.222. The second kappa shape index (κ2) is 11.1. The molecule has 2 N–H and O–H groups in total. The van der Waals surface area contributed by atoms with Gasteiger partial charge in [0.05, 0.1) is 12.3 Å². The van der Waals surface area contributed by atoms with E-state index in [1.807, 2.05) is 72.8 Å². The van der Waals surface area contributed by atoms with Gasteiger partial charge in [-0.05, 0) is 35.4 Å². The van der Waals surface area contributed by atoms with Crippen molar-refractivity contribution in [1.29, 1.82) is 0 Å². The summed E-state index contributed by atoms with van der Waals surface area (Å²) in [7, 11) is 1.46. The lowest BCUT2D eigenvalue weighted by atomic mass is 10.0. The molecule has 0 aromatic heterocycles. The molecule has 4 rings (SSSR count). The van der Waals surface area contributed by atoms with E-state index in [9.17, 15) is 9.59 Å². The molecule has 7 nitrogen and oxygen atoms in total. The van der Waals surface area contributed by atoms with E-state index in [2.05, 4.69) is 15.8 Å². The van der Waals surface area contributed by atoms with Gasteiger partial charge in [-0.25, -0.2) is 0 Å². The van der Waals surface area contributed by atoms with Crippen molar-refractivity contribution >= 4 is 23.2 Å². The lowest BCUT2D eigenvalue weighted by molar-refractivity contribution is -0.124. The van der Waals surface area contributed by atoms with Crippen molar-refractivity contribution in [2.24, 2.45) is 5.16 Å². The zero-order chi connectivity index (χ0) is 23.8. The van der Waals surface area contributed by atoms with Gasteiger partial charge >= 0.3 is 0 Å². The molecule has 0 bridgehead atoms. The molecular formula is C27H28N4O3. The first-order valence-electron chi connectivity index (χ1n) is 11.3. The van der Waals surface area contributed by atoms with E-state index >= 15 is 0 Å². The Morgan fingerprint density at radius 2 is 1.56 bits per heavy atom. The number of amides is 2. The third kappa shape index (κ3) is 5.61. The first kappa shape index (κ1) is 23.0. The van der Waals surface area contributed by atoms with Gasteiger partial charge in [-0.3, -0.25) is 9.59 Å². The normalized spacial score (nSPS) is 16.3. The summed E-state index contributed by atoms with van der Waals surface area (Å²) >= 11 is 0. The molecule has 1 fully saturated rings. The summed E-state index contributed by atoms with van der Waals surface area (Å²) in [6, 6.07) is 26.6. The van der Waals surface area contributed by atoms with Gasteiger partial charge < -0.3 is 20.4 Å². The van der Waals surface area contributed by atoms with Crippen molar-refractivity contribution in [3.8, 4) is 11.1 Å². The molecule has 34 heavy (non-hydrogen) atoms. The van der Waals surface area contributed by atoms with E-state index < -0.39 is 6.04 Å². The van der Waals surface area contributed by atoms with Crippen molar-refractivity contribution in [3.63, 3.8) is 0 Å². The highest BCUT2D eigenvalue weighted by atomic mass is 16.6. The van der Waals surface area contributed by atoms with Crippen LogP contribution in [0.15, 0.2) is 90.1 Å². The number of anilines is 1. The number of hydrogen-bond donors (Lipinski definition) is 2. The maximum Gasteiger partial charge on any atom is 0.254 e. The van der Waals surface area contributed by atoms with Gasteiger partial charge in [0.1, 0.15) is 13.2 Å². The molecule has 3 aromatic rings. The number of carbonyl (C=O) groups excluding carboxylic acids is 2.